The molecule has 0 rings (SSSR count). The standard InChI is InChI=1S/C9H12S2.2C2H6/c1-5-9(11-7-3)8(4)10-6-2;2*1-2/h5-7H,2-4H2,1H3;2*1-2H3/b9-5-;;. The van der Waals surface area contributed by atoms with Crippen LogP contribution in [-0.4, -0.2) is 0 Å². The van der Waals surface area contributed by atoms with Gasteiger partial charge in [0.1, 0.15) is 0 Å². The molecule has 0 aliphatic rings. The van der Waals surface area contributed by atoms with Gasteiger partial charge < -0.3 is 0 Å². The Balaban J connectivity index is -0.000000318. The lowest BCUT2D eigenvalue weighted by Gasteiger charge is -2.02. The quantitative estimate of drug-likeness (QED) is 0.527. The predicted molar refractivity (Wildman–Crippen MR) is 81.2 cm³/mol. The van der Waals surface area contributed by atoms with Crippen LogP contribution in [0.3, 0.4) is 0 Å². The van der Waals surface area contributed by atoms with Gasteiger partial charge in [0.15, 0.2) is 0 Å². The van der Waals surface area contributed by atoms with E-state index >= 15 is 0 Å². The van der Waals surface area contributed by atoms with Crippen molar-refractivity contribution in [3.63, 3.8) is 0 Å². The van der Waals surface area contributed by atoms with Gasteiger partial charge in [-0.3, -0.25) is 0 Å². The van der Waals surface area contributed by atoms with Crippen molar-refractivity contribution in [1.29, 1.82) is 0 Å². The number of hydrogen-bond donors (Lipinski definition) is 0. The van der Waals surface area contributed by atoms with Crippen LogP contribution < -0.4 is 0 Å². The van der Waals surface area contributed by atoms with Crippen molar-refractivity contribution in [3.05, 3.63) is 46.4 Å². The third-order valence-electron chi connectivity index (χ3n) is 0.973. The first-order valence-corrected chi connectivity index (χ1v) is 6.93. The van der Waals surface area contributed by atoms with Gasteiger partial charge >= 0.3 is 0 Å². The zero-order valence-corrected chi connectivity index (χ0v) is 12.3. The van der Waals surface area contributed by atoms with Gasteiger partial charge in [-0.25, -0.2) is 0 Å². The second kappa shape index (κ2) is 19.3. The van der Waals surface area contributed by atoms with Crippen LogP contribution in [-0.2, 0) is 0 Å². The van der Waals surface area contributed by atoms with E-state index in [1.807, 2.05) is 40.7 Å². The smallest absolute Gasteiger partial charge is 0.0206 e. The Bertz CT molecular complexity index is 191. The molecule has 0 amide bonds. The van der Waals surface area contributed by atoms with Gasteiger partial charge in [0, 0.05) is 9.81 Å². The highest BCUT2D eigenvalue weighted by atomic mass is 32.2. The summed E-state index contributed by atoms with van der Waals surface area (Å²) in [6, 6.07) is 0. The molecule has 0 N–H and O–H groups in total. The van der Waals surface area contributed by atoms with Crippen LogP contribution in [0.25, 0.3) is 0 Å². The average Bonchev–Trinajstić information content (AvgIpc) is 2.31. The first kappa shape index (κ1) is 20.1. The molecule has 0 aliphatic heterocycles. The van der Waals surface area contributed by atoms with Crippen molar-refractivity contribution in [2.75, 3.05) is 0 Å². The fraction of sp³-hybridized carbons (Fsp3) is 0.385. The topological polar surface area (TPSA) is 0 Å². The molecule has 0 saturated heterocycles. The Morgan fingerprint density at radius 3 is 1.60 bits per heavy atom. The second-order valence-corrected chi connectivity index (χ2v) is 3.72. The van der Waals surface area contributed by atoms with Gasteiger partial charge in [0.25, 0.3) is 0 Å². The maximum atomic E-state index is 3.89. The van der Waals surface area contributed by atoms with Crippen LogP contribution in [0, 0.1) is 0 Å². The van der Waals surface area contributed by atoms with Crippen LogP contribution >= 0.6 is 23.5 Å². The van der Waals surface area contributed by atoms with E-state index in [9.17, 15) is 0 Å². The molecule has 88 valence electrons. The van der Waals surface area contributed by atoms with E-state index in [1.54, 1.807) is 22.6 Å². The summed E-state index contributed by atoms with van der Waals surface area (Å²) in [5.74, 6) is 0. The third-order valence-corrected chi connectivity index (χ3v) is 2.68. The third kappa shape index (κ3) is 13.7. The lowest BCUT2D eigenvalue weighted by atomic mass is 10.5. The first-order valence-electron chi connectivity index (χ1n) is 5.17. The van der Waals surface area contributed by atoms with Crippen LogP contribution in [0.2, 0.25) is 0 Å². The molecule has 0 unspecified atom stereocenters. The monoisotopic (exact) mass is 244 g/mol. The van der Waals surface area contributed by atoms with E-state index in [0.717, 1.165) is 9.81 Å². The van der Waals surface area contributed by atoms with Gasteiger partial charge in [-0.1, -0.05) is 77.0 Å². The highest BCUT2D eigenvalue weighted by Gasteiger charge is 1.98. The molecule has 15 heavy (non-hydrogen) atoms. The average molecular weight is 244 g/mol. The van der Waals surface area contributed by atoms with E-state index in [1.165, 1.54) is 11.8 Å². The molecule has 0 aromatic rings. The summed E-state index contributed by atoms with van der Waals surface area (Å²) < 4.78 is 0. The minimum Gasteiger partial charge on any atom is -0.0981 e. The molecule has 0 aliphatic carbocycles. The molecular formula is C13H24S2. The second-order valence-electron chi connectivity index (χ2n) is 1.65. The summed E-state index contributed by atoms with van der Waals surface area (Å²) in [5.41, 5.74) is 0. The molecule has 0 saturated carbocycles. The van der Waals surface area contributed by atoms with Gasteiger partial charge in [-0.05, 0) is 17.7 Å². The lowest BCUT2D eigenvalue weighted by Crippen LogP contribution is -1.73. The molecule has 0 fully saturated rings. The molecule has 0 radical (unpaired) electrons. The maximum Gasteiger partial charge on any atom is 0.0206 e. The molecule has 0 aromatic carbocycles. The van der Waals surface area contributed by atoms with E-state index < -0.39 is 0 Å². The molecule has 0 nitrogen and oxygen atoms in total. The Kier molecular flexibility index (Phi) is 25.8. The van der Waals surface area contributed by atoms with Crippen molar-refractivity contribution in [2.24, 2.45) is 0 Å². The summed E-state index contributed by atoms with van der Waals surface area (Å²) in [6.07, 6.45) is 2.02. The van der Waals surface area contributed by atoms with Crippen molar-refractivity contribution in [1.82, 2.24) is 0 Å². The maximum absolute atomic E-state index is 3.89. The summed E-state index contributed by atoms with van der Waals surface area (Å²) in [5, 5.41) is 3.57. The van der Waals surface area contributed by atoms with Crippen molar-refractivity contribution < 1.29 is 0 Å². The Hall–Kier alpha value is -0.340. The highest BCUT2D eigenvalue weighted by Crippen LogP contribution is 2.31. The molecule has 0 heterocycles. The molecular weight excluding hydrogens is 220 g/mol. The van der Waals surface area contributed by atoms with Crippen molar-refractivity contribution in [3.8, 4) is 0 Å². The fourth-order valence-electron chi connectivity index (χ4n) is 0.543. The van der Waals surface area contributed by atoms with E-state index in [-0.39, 0.29) is 0 Å². The molecule has 0 spiro atoms. The number of thioether (sulfide) groups is 2. The van der Waals surface area contributed by atoms with Crippen LogP contribution in [0.1, 0.15) is 34.6 Å². The summed E-state index contributed by atoms with van der Waals surface area (Å²) in [4.78, 5) is 2.16. The van der Waals surface area contributed by atoms with Gasteiger partial charge in [-0.2, -0.15) is 0 Å². The lowest BCUT2D eigenvalue weighted by molar-refractivity contribution is 1.50. The SMILES string of the molecule is C=CSC(=C)/C(=C/C)SC=C.CC.CC. The van der Waals surface area contributed by atoms with Crippen LogP contribution in [0.15, 0.2) is 46.4 Å². The van der Waals surface area contributed by atoms with Crippen LogP contribution in [0.5, 0.6) is 0 Å². The number of rotatable bonds is 5. The Labute approximate surface area is 105 Å². The number of allylic oxidation sites excluding steroid dienone is 1. The Morgan fingerprint density at radius 1 is 0.933 bits per heavy atom. The van der Waals surface area contributed by atoms with Gasteiger partial charge in [0.05, 0.1) is 0 Å². The predicted octanol–water partition coefficient (Wildman–Crippen LogP) is 6.21. The van der Waals surface area contributed by atoms with Gasteiger partial charge in [0.2, 0.25) is 0 Å². The normalized spacial score (nSPS) is 8.73. The fourth-order valence-corrected chi connectivity index (χ4v) is 1.71. The van der Waals surface area contributed by atoms with Crippen LogP contribution in [0.4, 0.5) is 0 Å². The summed E-state index contributed by atoms with van der Waals surface area (Å²) >= 11 is 3.12. The van der Waals surface area contributed by atoms with E-state index in [0.29, 0.717) is 0 Å². The highest BCUT2D eigenvalue weighted by molar-refractivity contribution is 8.10. The molecule has 0 bridgehead atoms. The minimum absolute atomic E-state index is 1.02. The zero-order chi connectivity index (χ0) is 12.7. The summed E-state index contributed by atoms with van der Waals surface area (Å²) in [6.45, 7) is 21.1. The number of hydrogen-bond acceptors (Lipinski definition) is 2. The largest absolute Gasteiger partial charge is 0.0981 e. The molecule has 2 heteroatoms. The first-order chi connectivity index (χ1) is 7.26. The summed E-state index contributed by atoms with van der Waals surface area (Å²) in [7, 11) is 0. The molecule has 0 aromatic heterocycles. The van der Waals surface area contributed by atoms with Gasteiger partial charge in [-0.15, -0.1) is 0 Å². The van der Waals surface area contributed by atoms with Crippen molar-refractivity contribution in [2.45, 2.75) is 34.6 Å². The van der Waals surface area contributed by atoms with E-state index in [4.69, 9.17) is 0 Å². The van der Waals surface area contributed by atoms with E-state index in [2.05, 4.69) is 19.7 Å². The Morgan fingerprint density at radius 2 is 1.33 bits per heavy atom. The molecule has 0 atom stereocenters. The van der Waals surface area contributed by atoms with Crippen molar-refractivity contribution >= 4 is 23.5 Å². The zero-order valence-electron chi connectivity index (χ0n) is 10.7. The minimum atomic E-state index is 1.02.